The Morgan fingerprint density at radius 1 is 1.03 bits per heavy atom. The van der Waals surface area contributed by atoms with Gasteiger partial charge in [-0.15, -0.1) is 0 Å². The molecule has 1 aromatic heterocycles. The highest BCUT2D eigenvalue weighted by Crippen LogP contribution is 2.04. The molecule has 0 aliphatic rings. The van der Waals surface area contributed by atoms with Crippen LogP contribution in [0.4, 0.5) is 0 Å². The van der Waals surface area contributed by atoms with E-state index in [2.05, 4.69) is 43.5 Å². The molecule has 0 spiro atoms. The molecule has 1 rings (SSSR count). The third kappa shape index (κ3) is 11.0. The number of imidazole rings is 1. The third-order valence-corrected chi connectivity index (χ3v) is 5.14. The van der Waals surface area contributed by atoms with Gasteiger partial charge >= 0.3 is 5.97 Å². The number of amides is 4. The topological polar surface area (TPSA) is 287 Å². The number of nitrogens with one attached hydrogen (secondary N) is 4. The van der Waals surface area contributed by atoms with Crippen molar-refractivity contribution in [2.24, 2.45) is 27.9 Å². The second-order valence-corrected chi connectivity index (χ2v) is 8.08. The van der Waals surface area contributed by atoms with Gasteiger partial charge in [0, 0.05) is 30.6 Å². The number of primary amides is 1. The molecule has 4 atom stereocenters. The number of aliphatic imine (C=N–C) groups is 1. The van der Waals surface area contributed by atoms with Crippen LogP contribution < -0.4 is 38.9 Å². The SMILES string of the molecule is NC(=O)CC(NC(=O)C(CCCN=C(N)N)NC(=O)C(N)CS)C(=O)NC(Cc1cnc[nH]1)C(=O)O. The lowest BCUT2D eigenvalue weighted by Crippen LogP contribution is -2.58. The molecule has 0 aliphatic heterocycles. The minimum atomic E-state index is -1.52. The Bertz CT molecular complexity index is 937. The first-order valence-corrected chi connectivity index (χ1v) is 11.4. The van der Waals surface area contributed by atoms with E-state index in [-0.39, 0.29) is 37.5 Å². The normalized spacial score (nSPS) is 13.9. The molecular formula is C19H32N10O6S. The number of H-pyrrole nitrogens is 1. The summed E-state index contributed by atoms with van der Waals surface area (Å²) in [7, 11) is 0. The molecule has 16 nitrogen and oxygen atoms in total. The smallest absolute Gasteiger partial charge is 0.326 e. The third-order valence-electron chi connectivity index (χ3n) is 4.74. The monoisotopic (exact) mass is 528 g/mol. The minimum Gasteiger partial charge on any atom is -0.480 e. The first kappa shape index (κ1) is 30.2. The molecule has 0 fully saturated rings. The number of hydrogen-bond acceptors (Lipinski definition) is 9. The molecular weight excluding hydrogens is 496 g/mol. The number of carbonyl (C=O) groups excluding carboxylic acids is 4. The van der Waals surface area contributed by atoms with Crippen LogP contribution in [0.5, 0.6) is 0 Å². The number of aromatic amines is 1. The minimum absolute atomic E-state index is 0.00773. The number of rotatable bonds is 16. The van der Waals surface area contributed by atoms with Gasteiger partial charge in [0.15, 0.2) is 5.96 Å². The summed E-state index contributed by atoms with van der Waals surface area (Å²) in [6.07, 6.45) is 2.28. The summed E-state index contributed by atoms with van der Waals surface area (Å²) in [5.41, 5.74) is 21.8. The molecule has 4 amide bonds. The van der Waals surface area contributed by atoms with Crippen molar-refractivity contribution in [3.8, 4) is 0 Å². The zero-order valence-corrected chi connectivity index (χ0v) is 20.2. The zero-order valence-electron chi connectivity index (χ0n) is 19.3. The van der Waals surface area contributed by atoms with E-state index >= 15 is 0 Å². The van der Waals surface area contributed by atoms with Gasteiger partial charge in [0.1, 0.15) is 18.1 Å². The largest absolute Gasteiger partial charge is 0.480 e. The Hall–Kier alpha value is -3.86. The first-order valence-electron chi connectivity index (χ1n) is 10.8. The lowest BCUT2D eigenvalue weighted by molar-refractivity contribution is -0.142. The van der Waals surface area contributed by atoms with E-state index in [1.54, 1.807) is 0 Å². The number of aliphatic carboxylic acids is 1. The fourth-order valence-electron chi connectivity index (χ4n) is 2.91. The van der Waals surface area contributed by atoms with Gasteiger partial charge < -0.3 is 49.0 Å². The van der Waals surface area contributed by atoms with Crippen molar-refractivity contribution in [3.05, 3.63) is 18.2 Å². The Labute approximate surface area is 211 Å². The zero-order chi connectivity index (χ0) is 27.3. The van der Waals surface area contributed by atoms with Crippen LogP contribution >= 0.6 is 12.6 Å². The van der Waals surface area contributed by atoms with E-state index in [4.69, 9.17) is 22.9 Å². The van der Waals surface area contributed by atoms with Crippen LogP contribution in [0.2, 0.25) is 0 Å². The second kappa shape index (κ2) is 15.2. The molecule has 0 bridgehead atoms. The molecule has 17 heteroatoms. The predicted octanol–water partition coefficient (Wildman–Crippen LogP) is -4.32. The number of carbonyl (C=O) groups is 5. The molecule has 1 heterocycles. The van der Waals surface area contributed by atoms with Crippen LogP contribution in [-0.2, 0) is 30.4 Å². The first-order chi connectivity index (χ1) is 16.9. The molecule has 0 aromatic carbocycles. The number of aromatic nitrogens is 2. The molecule has 200 valence electrons. The number of guanidine groups is 1. The van der Waals surface area contributed by atoms with Crippen molar-refractivity contribution in [2.75, 3.05) is 12.3 Å². The number of carboxylic acid groups (broad SMARTS) is 1. The Balaban J connectivity index is 2.99. The van der Waals surface area contributed by atoms with Crippen molar-refractivity contribution < 1.29 is 29.1 Å². The Morgan fingerprint density at radius 2 is 1.64 bits per heavy atom. The number of nitrogens with zero attached hydrogens (tertiary/aromatic N) is 2. The van der Waals surface area contributed by atoms with Gasteiger partial charge in [-0.25, -0.2) is 9.78 Å². The van der Waals surface area contributed by atoms with Crippen LogP contribution in [0.3, 0.4) is 0 Å². The van der Waals surface area contributed by atoms with Crippen molar-refractivity contribution in [1.82, 2.24) is 25.9 Å². The fourth-order valence-corrected chi connectivity index (χ4v) is 3.07. The number of hydrogen-bond donors (Lipinski definition) is 10. The lowest BCUT2D eigenvalue weighted by atomic mass is 10.1. The number of carboxylic acids is 1. The number of thiol groups is 1. The summed E-state index contributed by atoms with van der Waals surface area (Å²) < 4.78 is 0. The van der Waals surface area contributed by atoms with E-state index in [0.29, 0.717) is 5.69 Å². The van der Waals surface area contributed by atoms with Crippen molar-refractivity contribution in [2.45, 2.75) is 49.9 Å². The predicted molar refractivity (Wildman–Crippen MR) is 131 cm³/mol. The summed E-state index contributed by atoms with van der Waals surface area (Å²) in [6, 6.07) is -5.10. The van der Waals surface area contributed by atoms with Crippen LogP contribution in [-0.4, -0.2) is 87.1 Å². The van der Waals surface area contributed by atoms with E-state index < -0.39 is 60.2 Å². The summed E-state index contributed by atoms with van der Waals surface area (Å²) in [5, 5.41) is 16.5. The molecule has 36 heavy (non-hydrogen) atoms. The second-order valence-electron chi connectivity index (χ2n) is 7.71. The fraction of sp³-hybridized carbons (Fsp3) is 0.526. The van der Waals surface area contributed by atoms with Gasteiger partial charge in [-0.3, -0.25) is 24.2 Å². The lowest BCUT2D eigenvalue weighted by Gasteiger charge is -2.24. The van der Waals surface area contributed by atoms with Crippen LogP contribution in [0, 0.1) is 0 Å². The Kier molecular flexibility index (Phi) is 12.7. The van der Waals surface area contributed by atoms with Crippen molar-refractivity contribution >= 4 is 48.2 Å². The maximum atomic E-state index is 13.0. The van der Waals surface area contributed by atoms with Gasteiger partial charge in [-0.05, 0) is 12.8 Å². The van der Waals surface area contributed by atoms with E-state index in [1.807, 2.05) is 0 Å². The molecule has 0 saturated heterocycles. The summed E-state index contributed by atoms with van der Waals surface area (Å²) >= 11 is 3.95. The molecule has 0 radical (unpaired) electrons. The quantitative estimate of drug-likeness (QED) is 0.0426. The van der Waals surface area contributed by atoms with E-state index in [0.717, 1.165) is 0 Å². The summed E-state index contributed by atoms with van der Waals surface area (Å²) in [4.78, 5) is 71.5. The van der Waals surface area contributed by atoms with E-state index in [9.17, 15) is 29.1 Å². The van der Waals surface area contributed by atoms with Gasteiger partial charge in [-0.2, -0.15) is 12.6 Å². The maximum Gasteiger partial charge on any atom is 0.326 e. The van der Waals surface area contributed by atoms with Crippen molar-refractivity contribution in [1.29, 1.82) is 0 Å². The highest BCUT2D eigenvalue weighted by atomic mass is 32.1. The molecule has 0 aliphatic carbocycles. The molecule has 1 aromatic rings. The highest BCUT2D eigenvalue weighted by molar-refractivity contribution is 7.80. The molecule has 13 N–H and O–H groups in total. The van der Waals surface area contributed by atoms with Gasteiger partial charge in [-0.1, -0.05) is 0 Å². The van der Waals surface area contributed by atoms with Crippen LogP contribution in [0.25, 0.3) is 0 Å². The Morgan fingerprint density at radius 3 is 2.17 bits per heavy atom. The highest BCUT2D eigenvalue weighted by Gasteiger charge is 2.31. The number of nitrogens with two attached hydrogens (primary N) is 4. The molecule has 4 unspecified atom stereocenters. The van der Waals surface area contributed by atoms with Crippen molar-refractivity contribution in [3.63, 3.8) is 0 Å². The molecule has 0 saturated carbocycles. The van der Waals surface area contributed by atoms with Crippen LogP contribution in [0.15, 0.2) is 17.5 Å². The van der Waals surface area contributed by atoms with Gasteiger partial charge in [0.25, 0.3) is 0 Å². The van der Waals surface area contributed by atoms with Crippen LogP contribution in [0.1, 0.15) is 25.0 Å². The summed E-state index contributed by atoms with van der Waals surface area (Å²) in [6.45, 7) is 0.152. The summed E-state index contributed by atoms with van der Waals surface area (Å²) in [5.74, 6) is -4.90. The van der Waals surface area contributed by atoms with E-state index in [1.165, 1.54) is 12.5 Å². The average molecular weight is 529 g/mol. The maximum absolute atomic E-state index is 13.0. The average Bonchev–Trinajstić information content (AvgIpc) is 3.31. The standard InChI is InChI=1S/C19H32N10O6S/c20-10(7-36)15(31)27-11(2-1-3-25-19(22)23)16(32)28-12(5-14(21)30)17(33)29-13(18(34)35)4-9-6-24-8-26-9/h6,8,10-13,36H,1-5,7,20H2,(H2,21,30)(H,24,26)(H,27,31)(H,28,32)(H,29,33)(H,34,35)(H4,22,23,25). The van der Waals surface area contributed by atoms with Gasteiger partial charge in [0.05, 0.1) is 18.8 Å². The van der Waals surface area contributed by atoms with Gasteiger partial charge in [0.2, 0.25) is 23.6 Å².